The highest BCUT2D eigenvalue weighted by atomic mass is 16.5. The highest BCUT2D eigenvalue weighted by Crippen LogP contribution is 2.28. The Morgan fingerprint density at radius 3 is 2.43 bits per heavy atom. The Balaban J connectivity index is 1.75. The molecule has 1 aromatic rings. The summed E-state index contributed by atoms with van der Waals surface area (Å²) in [6, 6.07) is 4.73. The molecule has 2 aliphatic rings. The van der Waals surface area contributed by atoms with Crippen molar-refractivity contribution < 1.29 is 19.1 Å². The molecule has 0 aromatic heterocycles. The fraction of sp³-hybridized carbons (Fsp3) is 0.591. The number of rotatable bonds is 5. The molecule has 0 aliphatic carbocycles. The van der Waals surface area contributed by atoms with Gasteiger partial charge in [-0.2, -0.15) is 0 Å². The maximum atomic E-state index is 12.8. The number of carbonyl (C=O) groups is 3. The summed E-state index contributed by atoms with van der Waals surface area (Å²) in [7, 11) is 0. The van der Waals surface area contributed by atoms with Crippen LogP contribution in [0.25, 0.3) is 0 Å². The largest absolute Gasteiger partial charge is 0.376 e. The van der Waals surface area contributed by atoms with Gasteiger partial charge in [-0.25, -0.2) is 0 Å². The third kappa shape index (κ3) is 4.43. The Bertz CT molecular complexity index is 801. The molecule has 0 radical (unpaired) electrons. The number of ether oxygens (including phenoxy) is 1. The lowest BCUT2D eigenvalue weighted by molar-refractivity contribution is 0.0475. The van der Waals surface area contributed by atoms with Crippen LogP contribution in [-0.2, 0) is 4.74 Å². The SMILES string of the molecule is CC(C)(C)CC(C)(C)NC(=O)c1ccc2c(c1)C(=O)N(CC1CCCO1)C2=O. The number of nitrogens with one attached hydrogen (secondary N) is 1. The van der Waals surface area contributed by atoms with Gasteiger partial charge in [-0.15, -0.1) is 0 Å². The van der Waals surface area contributed by atoms with E-state index in [-0.39, 0.29) is 41.3 Å². The van der Waals surface area contributed by atoms with E-state index in [9.17, 15) is 14.4 Å². The Morgan fingerprint density at radius 1 is 1.14 bits per heavy atom. The van der Waals surface area contributed by atoms with Gasteiger partial charge in [0.25, 0.3) is 17.7 Å². The molecule has 1 aromatic carbocycles. The van der Waals surface area contributed by atoms with Crippen molar-refractivity contribution in [2.24, 2.45) is 5.41 Å². The zero-order valence-corrected chi connectivity index (χ0v) is 17.4. The number of nitrogens with zero attached hydrogens (tertiary/aromatic N) is 1. The number of benzene rings is 1. The van der Waals surface area contributed by atoms with Crippen molar-refractivity contribution >= 4 is 17.7 Å². The van der Waals surface area contributed by atoms with Gasteiger partial charge in [-0.1, -0.05) is 20.8 Å². The van der Waals surface area contributed by atoms with Crippen LogP contribution in [0.2, 0.25) is 0 Å². The molecule has 0 bridgehead atoms. The van der Waals surface area contributed by atoms with E-state index in [0.717, 1.165) is 19.3 Å². The van der Waals surface area contributed by atoms with Gasteiger partial charge in [0.2, 0.25) is 0 Å². The molecule has 152 valence electrons. The average Bonchev–Trinajstić information content (AvgIpc) is 3.15. The number of hydrogen-bond acceptors (Lipinski definition) is 4. The Morgan fingerprint density at radius 2 is 1.82 bits per heavy atom. The number of carbonyl (C=O) groups excluding carboxylic acids is 3. The summed E-state index contributed by atoms with van der Waals surface area (Å²) in [6.45, 7) is 11.3. The topological polar surface area (TPSA) is 75.7 Å². The lowest BCUT2D eigenvalue weighted by Gasteiger charge is -2.33. The molecule has 28 heavy (non-hydrogen) atoms. The predicted molar refractivity (Wildman–Crippen MR) is 106 cm³/mol. The Kier molecular flexibility index (Phi) is 5.36. The van der Waals surface area contributed by atoms with Crippen LogP contribution < -0.4 is 5.32 Å². The van der Waals surface area contributed by atoms with Crippen LogP contribution in [0, 0.1) is 5.41 Å². The summed E-state index contributed by atoms with van der Waals surface area (Å²) in [5.41, 5.74) is 0.721. The first kappa shape index (κ1) is 20.5. The number of imide groups is 1. The summed E-state index contributed by atoms with van der Waals surface area (Å²) < 4.78 is 5.56. The van der Waals surface area contributed by atoms with E-state index in [2.05, 4.69) is 26.1 Å². The average molecular weight is 386 g/mol. The number of fused-ring (bicyclic) bond motifs is 1. The molecular formula is C22H30N2O4. The van der Waals surface area contributed by atoms with E-state index in [1.165, 1.54) is 11.0 Å². The molecule has 1 N–H and O–H groups in total. The first-order chi connectivity index (χ1) is 13.0. The quantitative estimate of drug-likeness (QED) is 0.787. The van der Waals surface area contributed by atoms with E-state index >= 15 is 0 Å². The fourth-order valence-electron chi connectivity index (χ4n) is 4.34. The third-order valence-electron chi connectivity index (χ3n) is 5.07. The molecule has 1 fully saturated rings. The van der Waals surface area contributed by atoms with E-state index < -0.39 is 0 Å². The van der Waals surface area contributed by atoms with Crippen molar-refractivity contribution in [1.82, 2.24) is 10.2 Å². The monoisotopic (exact) mass is 386 g/mol. The fourth-order valence-corrected chi connectivity index (χ4v) is 4.34. The van der Waals surface area contributed by atoms with Crippen molar-refractivity contribution in [3.63, 3.8) is 0 Å². The second-order valence-electron chi connectivity index (χ2n) is 9.69. The van der Waals surface area contributed by atoms with Gasteiger partial charge in [-0.3, -0.25) is 19.3 Å². The van der Waals surface area contributed by atoms with Gasteiger partial charge in [0.15, 0.2) is 0 Å². The highest BCUT2D eigenvalue weighted by Gasteiger charge is 2.38. The van der Waals surface area contributed by atoms with E-state index in [0.29, 0.717) is 23.3 Å². The van der Waals surface area contributed by atoms with Crippen molar-refractivity contribution in [1.29, 1.82) is 0 Å². The second kappa shape index (κ2) is 7.32. The second-order valence-corrected chi connectivity index (χ2v) is 9.69. The maximum Gasteiger partial charge on any atom is 0.261 e. The standard InChI is InChI=1S/C22H30N2O4/c1-21(2,3)13-22(4,5)23-18(25)14-8-9-16-17(11-14)20(27)24(19(16)26)12-15-7-6-10-28-15/h8-9,11,15H,6-7,10,12-13H2,1-5H3,(H,23,25). The molecule has 0 spiro atoms. The van der Waals surface area contributed by atoms with Crippen LogP contribution in [0.1, 0.15) is 85.0 Å². The van der Waals surface area contributed by atoms with E-state index in [4.69, 9.17) is 4.74 Å². The highest BCUT2D eigenvalue weighted by molar-refractivity contribution is 6.22. The molecule has 0 saturated carbocycles. The molecule has 1 atom stereocenters. The van der Waals surface area contributed by atoms with Crippen molar-refractivity contribution in [2.45, 2.75) is 65.5 Å². The normalized spacial score (nSPS) is 19.9. The molecule has 1 unspecified atom stereocenters. The lowest BCUT2D eigenvalue weighted by Crippen LogP contribution is -2.45. The van der Waals surface area contributed by atoms with Gasteiger partial charge in [0, 0.05) is 17.7 Å². The Hall–Kier alpha value is -2.21. The summed E-state index contributed by atoms with van der Waals surface area (Å²) >= 11 is 0. The molecule has 3 rings (SSSR count). The molecule has 1 saturated heterocycles. The van der Waals surface area contributed by atoms with Crippen LogP contribution in [0.3, 0.4) is 0 Å². The Labute approximate surface area is 166 Å². The summed E-state index contributed by atoms with van der Waals surface area (Å²) in [6.07, 6.45) is 2.51. The summed E-state index contributed by atoms with van der Waals surface area (Å²) in [5, 5.41) is 3.05. The van der Waals surface area contributed by atoms with Gasteiger partial charge in [0.05, 0.1) is 23.8 Å². The van der Waals surface area contributed by atoms with Gasteiger partial charge >= 0.3 is 0 Å². The van der Waals surface area contributed by atoms with Crippen molar-refractivity contribution in [3.8, 4) is 0 Å². The molecule has 2 aliphatic heterocycles. The van der Waals surface area contributed by atoms with Crippen LogP contribution in [-0.4, -0.2) is 47.4 Å². The first-order valence-electron chi connectivity index (χ1n) is 9.91. The smallest absolute Gasteiger partial charge is 0.261 e. The van der Waals surface area contributed by atoms with Crippen LogP contribution in [0.4, 0.5) is 0 Å². The van der Waals surface area contributed by atoms with Gasteiger partial charge in [-0.05, 0) is 56.7 Å². The van der Waals surface area contributed by atoms with E-state index in [1.807, 2.05) is 13.8 Å². The number of hydrogen-bond donors (Lipinski definition) is 1. The molecule has 6 heteroatoms. The summed E-state index contributed by atoms with van der Waals surface area (Å²) in [5.74, 6) is -0.899. The number of amides is 3. The van der Waals surface area contributed by atoms with Gasteiger partial charge in [0.1, 0.15) is 0 Å². The minimum Gasteiger partial charge on any atom is -0.376 e. The van der Waals surface area contributed by atoms with Crippen molar-refractivity contribution in [2.75, 3.05) is 13.2 Å². The lowest BCUT2D eigenvalue weighted by atomic mass is 9.81. The van der Waals surface area contributed by atoms with Crippen molar-refractivity contribution in [3.05, 3.63) is 34.9 Å². The van der Waals surface area contributed by atoms with Crippen LogP contribution in [0.5, 0.6) is 0 Å². The minimum atomic E-state index is -0.389. The maximum absolute atomic E-state index is 12.8. The predicted octanol–water partition coefficient (Wildman–Crippen LogP) is 3.41. The molecular weight excluding hydrogens is 356 g/mol. The molecule has 6 nitrogen and oxygen atoms in total. The van der Waals surface area contributed by atoms with Crippen LogP contribution in [0.15, 0.2) is 18.2 Å². The third-order valence-corrected chi connectivity index (χ3v) is 5.07. The van der Waals surface area contributed by atoms with Gasteiger partial charge < -0.3 is 10.1 Å². The minimum absolute atomic E-state index is 0.0694. The first-order valence-corrected chi connectivity index (χ1v) is 9.91. The zero-order chi connectivity index (χ0) is 20.7. The summed E-state index contributed by atoms with van der Waals surface area (Å²) in [4.78, 5) is 39.4. The zero-order valence-electron chi connectivity index (χ0n) is 17.4. The molecule has 3 amide bonds. The van der Waals surface area contributed by atoms with Crippen LogP contribution >= 0.6 is 0 Å². The molecule has 2 heterocycles. The van der Waals surface area contributed by atoms with E-state index in [1.54, 1.807) is 12.1 Å².